The SMILES string of the molecule is CC(CCN=C(N)/N=C(\N)N1CCN(c2c(F)cc3c(=O)c(C(=O)O)cn(C4CC4)c3c2N)CC1)CN=C(N)/N=C(\N)N1CCN(c2cc3c(c(N)c2F)c(=O)c(C(=O)O)cn3C2CC2)CC1. The molecule has 2 aromatic heterocycles. The van der Waals surface area contributed by atoms with Gasteiger partial charge in [-0.15, -0.1) is 0 Å². The molecule has 2 saturated heterocycles. The highest BCUT2D eigenvalue weighted by molar-refractivity contribution is 6.02. The Labute approximate surface area is 381 Å². The first kappa shape index (κ1) is 45.9. The van der Waals surface area contributed by atoms with Crippen LogP contribution in [0, 0.1) is 17.6 Å². The van der Waals surface area contributed by atoms with Gasteiger partial charge in [-0.25, -0.2) is 18.4 Å². The number of anilines is 4. The summed E-state index contributed by atoms with van der Waals surface area (Å²) >= 11 is 0. The summed E-state index contributed by atoms with van der Waals surface area (Å²) in [5.74, 6) is -4.01. The molecule has 0 bridgehead atoms. The summed E-state index contributed by atoms with van der Waals surface area (Å²) in [5, 5.41) is 19.0. The molecule has 2 aromatic carbocycles. The molecule has 4 fully saturated rings. The Hall–Kier alpha value is -7.66. The van der Waals surface area contributed by atoms with Crippen LogP contribution in [0.15, 0.2) is 54.1 Å². The Morgan fingerprint density at radius 1 is 0.731 bits per heavy atom. The molecule has 2 saturated carbocycles. The lowest BCUT2D eigenvalue weighted by atomic mass is 10.1. The molecule has 0 spiro atoms. The zero-order valence-corrected chi connectivity index (χ0v) is 36.9. The lowest BCUT2D eigenvalue weighted by Crippen LogP contribution is -2.52. The predicted octanol–water partition coefficient (Wildman–Crippen LogP) is 1.05. The van der Waals surface area contributed by atoms with Gasteiger partial charge in [0.2, 0.25) is 22.8 Å². The first-order chi connectivity index (χ1) is 31.9. The number of halogens is 2. The van der Waals surface area contributed by atoms with E-state index in [9.17, 15) is 29.4 Å². The van der Waals surface area contributed by atoms with Gasteiger partial charge in [-0.3, -0.25) is 19.6 Å². The van der Waals surface area contributed by atoms with Crippen LogP contribution in [0.1, 0.15) is 71.8 Å². The van der Waals surface area contributed by atoms with E-state index in [4.69, 9.17) is 34.4 Å². The minimum Gasteiger partial charge on any atom is -0.477 e. The van der Waals surface area contributed by atoms with Crippen LogP contribution in [-0.4, -0.2) is 130 Å². The molecule has 14 N–H and O–H groups in total. The fraction of sp³-hybridized carbons (Fsp3) is 0.442. The number of carboxylic acids is 2. The molecular formula is C43H54F2N16O6. The number of nitrogen functional groups attached to an aromatic ring is 2. The van der Waals surface area contributed by atoms with Gasteiger partial charge < -0.3 is 73.3 Å². The monoisotopic (exact) mass is 928 g/mol. The van der Waals surface area contributed by atoms with E-state index in [0.29, 0.717) is 82.9 Å². The van der Waals surface area contributed by atoms with Crippen LogP contribution in [0.3, 0.4) is 0 Å². The molecule has 2 aliphatic carbocycles. The summed E-state index contributed by atoms with van der Waals surface area (Å²) in [6.07, 6.45) is 6.39. The maximum Gasteiger partial charge on any atom is 0.341 e. The minimum absolute atomic E-state index is 0.00107. The Bertz CT molecular complexity index is 2910. The number of benzene rings is 2. The van der Waals surface area contributed by atoms with Crippen LogP contribution < -0.4 is 55.1 Å². The molecule has 0 amide bonds. The maximum atomic E-state index is 15.7. The number of piperazine rings is 2. The second-order valence-electron chi connectivity index (χ2n) is 17.4. The third kappa shape index (κ3) is 9.27. The number of fused-ring (bicyclic) bond motifs is 2. The first-order valence-corrected chi connectivity index (χ1v) is 22.0. The van der Waals surface area contributed by atoms with E-state index in [1.54, 1.807) is 34.8 Å². The van der Waals surface area contributed by atoms with E-state index in [0.717, 1.165) is 31.7 Å². The fourth-order valence-corrected chi connectivity index (χ4v) is 8.68. The molecule has 2 aliphatic heterocycles. The highest BCUT2D eigenvalue weighted by Gasteiger charge is 2.33. The second kappa shape index (κ2) is 18.3. The smallest absolute Gasteiger partial charge is 0.341 e. The molecule has 1 atom stereocenters. The van der Waals surface area contributed by atoms with E-state index in [1.807, 2.05) is 6.92 Å². The van der Waals surface area contributed by atoms with Crippen molar-refractivity contribution >= 4 is 80.3 Å². The summed E-state index contributed by atoms with van der Waals surface area (Å²) in [4.78, 5) is 73.9. The van der Waals surface area contributed by atoms with Crippen molar-refractivity contribution in [1.29, 1.82) is 0 Å². The van der Waals surface area contributed by atoms with Crippen LogP contribution >= 0.6 is 0 Å². The van der Waals surface area contributed by atoms with Crippen LogP contribution in [-0.2, 0) is 0 Å². The van der Waals surface area contributed by atoms with Crippen molar-refractivity contribution in [3.05, 3.63) is 67.7 Å². The molecule has 4 aliphatic rings. The highest BCUT2D eigenvalue weighted by Crippen LogP contribution is 2.42. The fourth-order valence-electron chi connectivity index (χ4n) is 8.68. The average molecular weight is 929 g/mol. The van der Waals surface area contributed by atoms with Gasteiger partial charge >= 0.3 is 11.9 Å². The van der Waals surface area contributed by atoms with Gasteiger partial charge in [-0.1, -0.05) is 6.92 Å². The van der Waals surface area contributed by atoms with Crippen molar-refractivity contribution in [2.45, 2.75) is 51.1 Å². The van der Waals surface area contributed by atoms with Gasteiger partial charge in [0.1, 0.15) is 16.9 Å². The zero-order valence-electron chi connectivity index (χ0n) is 36.9. The summed E-state index contributed by atoms with van der Waals surface area (Å²) in [7, 11) is 0. The van der Waals surface area contributed by atoms with Crippen molar-refractivity contribution in [1.82, 2.24) is 18.9 Å². The van der Waals surface area contributed by atoms with E-state index in [-0.39, 0.29) is 75.4 Å². The molecule has 1 unspecified atom stereocenters. The van der Waals surface area contributed by atoms with E-state index < -0.39 is 45.6 Å². The summed E-state index contributed by atoms with van der Waals surface area (Å²) in [6, 6.07) is 2.61. The summed E-state index contributed by atoms with van der Waals surface area (Å²) in [5.41, 5.74) is 35.8. The van der Waals surface area contributed by atoms with Crippen LogP contribution in [0.2, 0.25) is 0 Å². The van der Waals surface area contributed by atoms with Gasteiger partial charge in [0, 0.05) is 89.9 Å². The Balaban J connectivity index is 0.816. The number of aromatic carboxylic acids is 2. The molecule has 22 nitrogen and oxygen atoms in total. The number of rotatable bonds is 11. The normalized spacial score (nSPS) is 18.3. The largest absolute Gasteiger partial charge is 0.477 e. The third-order valence-electron chi connectivity index (χ3n) is 12.7. The number of nitrogens with zero attached hydrogens (tertiary/aromatic N) is 10. The van der Waals surface area contributed by atoms with Gasteiger partial charge in [-0.05, 0) is 50.2 Å². The van der Waals surface area contributed by atoms with Crippen LogP contribution in [0.4, 0.5) is 31.5 Å². The molecule has 67 heavy (non-hydrogen) atoms. The molecule has 0 radical (unpaired) electrons. The van der Waals surface area contributed by atoms with E-state index in [1.165, 1.54) is 12.4 Å². The topological polar surface area (TPSA) is 337 Å². The van der Waals surface area contributed by atoms with Gasteiger partial charge in [0.05, 0.1) is 44.6 Å². The number of carboxylic acid groups (broad SMARTS) is 2. The quantitative estimate of drug-likeness (QED) is 0.0592. The maximum absolute atomic E-state index is 15.7. The molecule has 8 rings (SSSR count). The predicted molar refractivity (Wildman–Crippen MR) is 253 cm³/mol. The van der Waals surface area contributed by atoms with Crippen LogP contribution in [0.25, 0.3) is 21.8 Å². The minimum atomic E-state index is -1.40. The van der Waals surface area contributed by atoms with Gasteiger partial charge in [0.25, 0.3) is 0 Å². The Morgan fingerprint density at radius 3 is 1.82 bits per heavy atom. The van der Waals surface area contributed by atoms with Crippen molar-refractivity contribution in [2.24, 2.45) is 48.8 Å². The van der Waals surface area contributed by atoms with Crippen molar-refractivity contribution < 1.29 is 28.6 Å². The van der Waals surface area contributed by atoms with Crippen molar-refractivity contribution in [2.75, 3.05) is 86.7 Å². The third-order valence-corrected chi connectivity index (χ3v) is 12.7. The number of pyridine rings is 2. The molecule has 356 valence electrons. The Morgan fingerprint density at radius 2 is 1.25 bits per heavy atom. The lowest BCUT2D eigenvalue weighted by Gasteiger charge is -2.37. The number of hydrogen-bond donors (Lipinski definition) is 8. The highest BCUT2D eigenvalue weighted by atomic mass is 19.1. The molecule has 4 heterocycles. The van der Waals surface area contributed by atoms with Crippen molar-refractivity contribution in [3.63, 3.8) is 0 Å². The van der Waals surface area contributed by atoms with E-state index >= 15 is 8.78 Å². The molecule has 24 heteroatoms. The van der Waals surface area contributed by atoms with E-state index in [2.05, 4.69) is 20.0 Å². The number of guanidine groups is 4. The van der Waals surface area contributed by atoms with Gasteiger partial charge in [0.15, 0.2) is 17.7 Å². The van der Waals surface area contributed by atoms with Crippen LogP contribution in [0.5, 0.6) is 0 Å². The standard InChI is InChI=1S/C43H54F2N16O6/c1-21(18-53-41(49)55-43(51)58-12-8-56(9-13-58)29-17-28-30(32(46)31(29)45)37(63)26(39(66)67)19-60(28)22-2-3-22)6-7-52-40(48)54-42(50)59-14-10-57(11-15-59)35-27(44)16-24-34(33(35)47)61(23-4-5-23)20-25(36(24)62)38(64)65/h16-17,19-23H,2-15,18,46-47H2,1H3,(H,64,65)(H,66,67)(H4,48,50,52,54)(H4,49,51,53,55). The number of aromatic nitrogens is 2. The average Bonchev–Trinajstić information content (AvgIpc) is 4.23. The van der Waals surface area contributed by atoms with Gasteiger partial charge in [-0.2, -0.15) is 9.98 Å². The second-order valence-corrected chi connectivity index (χ2v) is 17.4. The van der Waals surface area contributed by atoms with Crippen molar-refractivity contribution in [3.8, 4) is 0 Å². The Kier molecular flexibility index (Phi) is 12.5. The lowest BCUT2D eigenvalue weighted by molar-refractivity contribution is 0.0684. The zero-order chi connectivity index (χ0) is 48.0. The number of nitrogens with two attached hydrogens (primary N) is 6. The first-order valence-electron chi connectivity index (χ1n) is 22.0. The summed E-state index contributed by atoms with van der Waals surface area (Å²) in [6.45, 7) is 5.42. The molecular weight excluding hydrogens is 875 g/mol. The number of carbonyl (C=O) groups is 2. The number of aliphatic imine (C=N–C) groups is 4. The molecule has 4 aromatic rings. The summed E-state index contributed by atoms with van der Waals surface area (Å²) < 4.78 is 34.8. The number of hydrogen-bond acceptors (Lipinski definition) is 10.